The van der Waals surface area contributed by atoms with Crippen molar-refractivity contribution in [1.29, 1.82) is 0 Å². The van der Waals surface area contributed by atoms with E-state index in [2.05, 4.69) is 10.9 Å². The van der Waals surface area contributed by atoms with Gasteiger partial charge in [0.15, 0.2) is 6.54 Å². The number of carbonyl (C=O) groups excluding carboxylic acids is 3. The summed E-state index contributed by atoms with van der Waals surface area (Å²) in [6.45, 7) is -0.179. The minimum absolute atomic E-state index is 0.0273. The van der Waals surface area contributed by atoms with E-state index in [-0.39, 0.29) is 19.1 Å². The van der Waals surface area contributed by atoms with Crippen molar-refractivity contribution >= 4 is 30.5 Å². The van der Waals surface area contributed by atoms with Gasteiger partial charge in [0, 0.05) is 14.1 Å². The molecule has 0 saturated carbocycles. The van der Waals surface area contributed by atoms with E-state index in [1.807, 2.05) is 0 Å². The van der Waals surface area contributed by atoms with Crippen LogP contribution in [-0.2, 0) is 27.2 Å². The number of rotatable bonds is 2. The maximum atomic E-state index is 11.5. The van der Waals surface area contributed by atoms with Crippen molar-refractivity contribution in [3.8, 4) is 0 Å². The summed E-state index contributed by atoms with van der Waals surface area (Å²) < 4.78 is -0.664. The van der Waals surface area contributed by atoms with E-state index >= 15 is 0 Å². The van der Waals surface area contributed by atoms with Gasteiger partial charge in [0.2, 0.25) is 0 Å². The quantitative estimate of drug-likeness (QED) is 0.312. The zero-order valence-electron chi connectivity index (χ0n) is 8.44. The second kappa shape index (κ2) is 4.17. The standard InChI is InChI=1S/C7H12N4O3S/c1-10(2)5(12)3-11(15)4-8-9-6(13)7(11)14/h8H,3-4H2,1-2H3,(H,9,13). The smallest absolute Gasteiger partial charge is 0.388 e. The highest BCUT2D eigenvalue weighted by Crippen LogP contribution is 2.06. The van der Waals surface area contributed by atoms with Gasteiger partial charge < -0.3 is 21.6 Å². The van der Waals surface area contributed by atoms with Gasteiger partial charge in [-0.15, -0.1) is 0 Å². The van der Waals surface area contributed by atoms with Gasteiger partial charge in [0.05, 0.1) is 0 Å². The fraction of sp³-hybridized carbons (Fsp3) is 0.571. The van der Waals surface area contributed by atoms with Crippen molar-refractivity contribution in [2.24, 2.45) is 0 Å². The Bertz CT molecular complexity index is 319. The Morgan fingerprint density at radius 2 is 2.13 bits per heavy atom. The van der Waals surface area contributed by atoms with Crippen LogP contribution in [-0.4, -0.2) is 53.8 Å². The number of amides is 3. The first-order valence-corrected chi connectivity index (χ1v) is 4.59. The molecule has 0 aromatic heterocycles. The fourth-order valence-corrected chi connectivity index (χ4v) is 1.30. The van der Waals surface area contributed by atoms with E-state index in [0.29, 0.717) is 0 Å². The molecule has 7 nitrogen and oxygen atoms in total. The van der Waals surface area contributed by atoms with Crippen LogP contribution in [0.3, 0.4) is 0 Å². The molecule has 0 aliphatic carbocycles. The third kappa shape index (κ3) is 2.46. The summed E-state index contributed by atoms with van der Waals surface area (Å²) in [6, 6.07) is 0. The van der Waals surface area contributed by atoms with Gasteiger partial charge in [0.25, 0.3) is 5.91 Å². The molecule has 1 aliphatic rings. The maximum Gasteiger partial charge on any atom is 0.388 e. The Balaban J connectivity index is 2.77. The van der Waals surface area contributed by atoms with Gasteiger partial charge in [-0.25, -0.2) is 4.79 Å². The van der Waals surface area contributed by atoms with Crippen LogP contribution in [0.1, 0.15) is 0 Å². The second-order valence-corrected chi connectivity index (χ2v) is 4.13. The third-order valence-corrected chi connectivity index (χ3v) is 2.41. The molecule has 1 atom stereocenters. The molecule has 1 aliphatic heterocycles. The zero-order valence-corrected chi connectivity index (χ0v) is 9.26. The number of likely N-dealkylation sites (N-methyl/N-ethyl adjacent to an activating group) is 1. The van der Waals surface area contributed by atoms with Crippen LogP contribution < -0.4 is 10.9 Å². The molecular weight excluding hydrogens is 220 g/mol. The Morgan fingerprint density at radius 3 is 2.67 bits per heavy atom. The molecule has 0 aromatic carbocycles. The Labute approximate surface area is 92.5 Å². The van der Waals surface area contributed by atoms with Gasteiger partial charge in [-0.2, -0.15) is 5.43 Å². The first-order chi connectivity index (χ1) is 6.87. The molecule has 1 saturated heterocycles. The number of quaternary nitrogens is 1. The van der Waals surface area contributed by atoms with Crippen LogP contribution in [0.5, 0.6) is 0 Å². The topological polar surface area (TPSA) is 78.5 Å². The van der Waals surface area contributed by atoms with Crippen molar-refractivity contribution in [3.05, 3.63) is 0 Å². The normalized spacial score (nSPS) is 26.1. The molecule has 3 amide bonds. The molecule has 0 radical (unpaired) electrons. The molecule has 2 N–H and O–H groups in total. The Hall–Kier alpha value is -1.12. The van der Waals surface area contributed by atoms with Crippen molar-refractivity contribution < 1.29 is 18.3 Å². The van der Waals surface area contributed by atoms with E-state index in [9.17, 15) is 14.4 Å². The average Bonchev–Trinajstić information content (AvgIpc) is 2.14. The summed E-state index contributed by atoms with van der Waals surface area (Å²) in [6.07, 6.45) is 0. The summed E-state index contributed by atoms with van der Waals surface area (Å²) in [5, 5.41) is 0. The molecule has 0 spiro atoms. The van der Waals surface area contributed by atoms with E-state index < -0.39 is 15.7 Å². The fourth-order valence-electron chi connectivity index (χ4n) is 1.05. The molecule has 8 heteroatoms. The summed E-state index contributed by atoms with van der Waals surface area (Å²) >= 11 is 4.97. The average molecular weight is 232 g/mol. The number of nitrogens with one attached hydrogen (secondary N) is 2. The highest BCUT2D eigenvalue weighted by molar-refractivity contribution is 7.52. The van der Waals surface area contributed by atoms with Crippen LogP contribution in [0.15, 0.2) is 0 Å². The van der Waals surface area contributed by atoms with Crippen molar-refractivity contribution in [3.63, 3.8) is 0 Å². The molecule has 84 valence electrons. The number of hydrogen-bond donors (Lipinski definition) is 2. The lowest BCUT2D eigenvalue weighted by Gasteiger charge is -2.42. The Kier molecular flexibility index (Phi) is 3.32. The molecule has 15 heavy (non-hydrogen) atoms. The second-order valence-electron chi connectivity index (χ2n) is 3.43. The first-order valence-electron chi connectivity index (χ1n) is 4.23. The molecule has 0 bridgehead atoms. The van der Waals surface area contributed by atoms with Gasteiger partial charge in [-0.1, -0.05) is 0 Å². The summed E-state index contributed by atoms with van der Waals surface area (Å²) in [5.74, 6) is -1.91. The molecular formula is C7H12N4O3S. The summed E-state index contributed by atoms with van der Waals surface area (Å²) in [5.41, 5.74) is 4.62. The first kappa shape index (κ1) is 12.0. The lowest BCUT2D eigenvalue weighted by atomic mass is 10.4. The van der Waals surface area contributed by atoms with Gasteiger partial charge in [0.1, 0.15) is 6.67 Å². The molecule has 1 unspecified atom stereocenters. The zero-order chi connectivity index (χ0) is 11.6. The highest BCUT2D eigenvalue weighted by Gasteiger charge is 2.37. The van der Waals surface area contributed by atoms with Crippen molar-refractivity contribution in [2.75, 3.05) is 27.3 Å². The van der Waals surface area contributed by atoms with Crippen LogP contribution in [0.4, 0.5) is 0 Å². The van der Waals surface area contributed by atoms with E-state index in [4.69, 9.17) is 12.8 Å². The number of nitrogens with zero attached hydrogens (tertiary/aromatic N) is 2. The van der Waals surface area contributed by atoms with Gasteiger partial charge in [-0.05, 0) is 0 Å². The minimum atomic E-state index is -0.817. The Morgan fingerprint density at radius 1 is 1.53 bits per heavy atom. The van der Waals surface area contributed by atoms with Crippen LogP contribution in [0.25, 0.3) is 0 Å². The number of hydrogen-bond acceptors (Lipinski definition) is 5. The maximum absolute atomic E-state index is 11.5. The van der Waals surface area contributed by atoms with Crippen LogP contribution in [0.2, 0.25) is 0 Å². The van der Waals surface area contributed by atoms with Gasteiger partial charge in [-0.3, -0.25) is 15.0 Å². The molecule has 1 heterocycles. The van der Waals surface area contributed by atoms with Crippen LogP contribution in [0, 0.1) is 0 Å². The van der Waals surface area contributed by atoms with E-state index in [1.54, 1.807) is 14.1 Å². The highest BCUT2D eigenvalue weighted by atomic mass is 32.1. The molecule has 1 rings (SSSR count). The monoisotopic (exact) mass is 232 g/mol. The predicted molar refractivity (Wildman–Crippen MR) is 52.3 cm³/mol. The lowest BCUT2D eigenvalue weighted by molar-refractivity contribution is -0.710. The molecule has 1 fully saturated rings. The number of carbonyl (C=O) groups is 3. The largest absolute Gasteiger partial charge is 0.483 e. The van der Waals surface area contributed by atoms with E-state index in [0.717, 1.165) is 0 Å². The third-order valence-electron chi connectivity index (χ3n) is 1.99. The van der Waals surface area contributed by atoms with Crippen molar-refractivity contribution in [2.45, 2.75) is 0 Å². The summed E-state index contributed by atoms with van der Waals surface area (Å²) in [7, 11) is 3.12. The summed E-state index contributed by atoms with van der Waals surface area (Å²) in [4.78, 5) is 35.2. The molecule has 0 aromatic rings. The van der Waals surface area contributed by atoms with Crippen LogP contribution >= 0.6 is 0 Å². The lowest BCUT2D eigenvalue weighted by Crippen LogP contribution is -2.68. The number of hydrazine groups is 1. The minimum Gasteiger partial charge on any atom is -0.483 e. The SMILES string of the molecule is CN(C)C(=O)C[N+]1([S-])CNNC(=O)C1=O. The van der Waals surface area contributed by atoms with Crippen molar-refractivity contribution in [1.82, 2.24) is 15.8 Å². The van der Waals surface area contributed by atoms with Gasteiger partial charge >= 0.3 is 11.8 Å². The van der Waals surface area contributed by atoms with E-state index in [1.165, 1.54) is 4.90 Å². The predicted octanol–water partition coefficient (Wildman–Crippen LogP) is -2.53.